The summed E-state index contributed by atoms with van der Waals surface area (Å²) in [5.74, 6) is -0.000489. The minimum absolute atomic E-state index is 0.000489. The van der Waals surface area contributed by atoms with Crippen LogP contribution in [0.4, 0.5) is 8.78 Å². The van der Waals surface area contributed by atoms with Crippen molar-refractivity contribution in [1.82, 2.24) is 4.98 Å². The lowest BCUT2D eigenvalue weighted by Crippen LogP contribution is -2.00. The summed E-state index contributed by atoms with van der Waals surface area (Å²) in [6.45, 7) is 0. The van der Waals surface area contributed by atoms with Crippen LogP contribution in [0.2, 0.25) is 0 Å². The van der Waals surface area contributed by atoms with E-state index in [2.05, 4.69) is 4.98 Å². The first-order chi connectivity index (χ1) is 6.69. The summed E-state index contributed by atoms with van der Waals surface area (Å²) < 4.78 is 24.9. The molecule has 0 unspecified atom stereocenters. The molecule has 0 N–H and O–H groups in total. The molecule has 0 spiro atoms. The number of nitrogens with zero attached hydrogens (tertiary/aromatic N) is 2. The van der Waals surface area contributed by atoms with E-state index in [1.54, 1.807) is 0 Å². The maximum absolute atomic E-state index is 12.4. The number of hydrogen-bond donors (Lipinski definition) is 0. The molecule has 0 aliphatic heterocycles. The average molecular weight is 217 g/mol. The third-order valence-corrected chi connectivity index (χ3v) is 1.97. The van der Waals surface area contributed by atoms with Gasteiger partial charge in [0.15, 0.2) is 0 Å². The fourth-order valence-electron chi connectivity index (χ4n) is 1.03. The Labute approximate surface area is 85.1 Å². The highest BCUT2D eigenvalue weighted by molar-refractivity contribution is 6.17. The van der Waals surface area contributed by atoms with Crippen LogP contribution in [0, 0.1) is 11.3 Å². The monoisotopic (exact) mass is 216 g/mol. The molecule has 0 saturated heterocycles. The van der Waals surface area contributed by atoms with Gasteiger partial charge in [0.2, 0.25) is 0 Å². The van der Waals surface area contributed by atoms with Crippen LogP contribution < -0.4 is 0 Å². The summed E-state index contributed by atoms with van der Waals surface area (Å²) >= 11 is 5.47. The Kier molecular flexibility index (Phi) is 3.78. The zero-order chi connectivity index (χ0) is 10.6. The van der Waals surface area contributed by atoms with Crippen LogP contribution in [-0.4, -0.2) is 4.98 Å². The normalized spacial score (nSPS) is 10.2. The Morgan fingerprint density at radius 3 is 2.71 bits per heavy atom. The molecule has 0 amide bonds. The topological polar surface area (TPSA) is 36.7 Å². The van der Waals surface area contributed by atoms with Crippen molar-refractivity contribution < 1.29 is 8.78 Å². The van der Waals surface area contributed by atoms with Crippen LogP contribution in [0.3, 0.4) is 0 Å². The molecule has 2 nitrogen and oxygen atoms in total. The van der Waals surface area contributed by atoms with Gasteiger partial charge in [-0.25, -0.2) is 8.78 Å². The summed E-state index contributed by atoms with van der Waals surface area (Å²) in [5.41, 5.74) is 0.327. The number of rotatable bonds is 3. The highest BCUT2D eigenvalue weighted by atomic mass is 35.5. The van der Waals surface area contributed by atoms with Crippen molar-refractivity contribution in [3.63, 3.8) is 0 Å². The molecule has 0 radical (unpaired) electrons. The van der Waals surface area contributed by atoms with E-state index in [1.165, 1.54) is 12.1 Å². The first-order valence-electron chi connectivity index (χ1n) is 3.88. The Bertz CT molecular complexity index is 360. The van der Waals surface area contributed by atoms with Crippen molar-refractivity contribution >= 4 is 11.6 Å². The molecular formula is C9H7ClF2N2. The van der Waals surface area contributed by atoms with Gasteiger partial charge in [-0.05, 0) is 11.6 Å². The van der Waals surface area contributed by atoms with Crippen LogP contribution in [0.25, 0.3) is 0 Å². The first-order valence-corrected chi connectivity index (χ1v) is 4.42. The third kappa shape index (κ3) is 2.39. The molecule has 0 bridgehead atoms. The minimum atomic E-state index is -2.65. The molecular weight excluding hydrogens is 210 g/mol. The van der Waals surface area contributed by atoms with Crippen molar-refractivity contribution in [3.05, 3.63) is 29.1 Å². The largest absolute Gasteiger partial charge is 0.280 e. The SMILES string of the molecule is N#CCc1ccc(CCl)c(C(F)F)n1. The molecule has 5 heteroatoms. The molecule has 0 aromatic carbocycles. The number of aromatic nitrogens is 1. The number of hydrogen-bond acceptors (Lipinski definition) is 2. The van der Waals surface area contributed by atoms with E-state index < -0.39 is 6.43 Å². The predicted octanol–water partition coefficient (Wildman–Crippen LogP) is 2.82. The van der Waals surface area contributed by atoms with E-state index in [9.17, 15) is 8.78 Å². The van der Waals surface area contributed by atoms with Crippen molar-refractivity contribution in [3.8, 4) is 6.07 Å². The van der Waals surface area contributed by atoms with E-state index in [-0.39, 0.29) is 18.0 Å². The summed E-state index contributed by atoms with van der Waals surface area (Å²) in [4.78, 5) is 3.68. The minimum Gasteiger partial charge on any atom is -0.250 e. The molecule has 1 aromatic heterocycles. The van der Waals surface area contributed by atoms with E-state index in [1.807, 2.05) is 6.07 Å². The van der Waals surface area contributed by atoms with Crippen molar-refractivity contribution in [2.75, 3.05) is 0 Å². The lowest BCUT2D eigenvalue weighted by Gasteiger charge is -2.06. The zero-order valence-electron chi connectivity index (χ0n) is 7.17. The highest BCUT2D eigenvalue weighted by Crippen LogP contribution is 2.22. The van der Waals surface area contributed by atoms with Crippen LogP contribution >= 0.6 is 11.6 Å². The van der Waals surface area contributed by atoms with Gasteiger partial charge >= 0.3 is 0 Å². The van der Waals surface area contributed by atoms with Crippen molar-refractivity contribution in [1.29, 1.82) is 5.26 Å². The van der Waals surface area contributed by atoms with E-state index in [4.69, 9.17) is 16.9 Å². The molecule has 1 rings (SSSR count). The number of nitriles is 1. The molecule has 74 valence electrons. The number of pyridine rings is 1. The second kappa shape index (κ2) is 4.87. The third-order valence-electron chi connectivity index (χ3n) is 1.68. The standard InChI is InChI=1S/C9H7ClF2N2/c10-5-6-1-2-7(3-4-13)14-8(6)9(11)12/h1-2,9H,3,5H2. The second-order valence-electron chi connectivity index (χ2n) is 2.62. The summed E-state index contributed by atoms with van der Waals surface area (Å²) in [6, 6.07) is 4.86. The first kappa shape index (κ1) is 10.9. The molecule has 0 aliphatic carbocycles. The fraction of sp³-hybridized carbons (Fsp3) is 0.333. The maximum Gasteiger partial charge on any atom is 0.280 e. The second-order valence-corrected chi connectivity index (χ2v) is 2.88. The van der Waals surface area contributed by atoms with Crippen LogP contribution in [0.15, 0.2) is 12.1 Å². The molecule has 0 saturated carbocycles. The Balaban J connectivity index is 3.09. The Morgan fingerprint density at radius 2 is 2.21 bits per heavy atom. The molecule has 14 heavy (non-hydrogen) atoms. The zero-order valence-corrected chi connectivity index (χ0v) is 7.93. The van der Waals surface area contributed by atoms with Gasteiger partial charge in [-0.1, -0.05) is 6.07 Å². The van der Waals surface area contributed by atoms with Crippen LogP contribution in [0.5, 0.6) is 0 Å². The summed E-state index contributed by atoms with van der Waals surface area (Å²) in [5, 5.41) is 8.37. The van der Waals surface area contributed by atoms with Gasteiger partial charge in [0, 0.05) is 5.88 Å². The summed E-state index contributed by atoms with van der Waals surface area (Å²) in [7, 11) is 0. The van der Waals surface area contributed by atoms with Gasteiger partial charge < -0.3 is 0 Å². The van der Waals surface area contributed by atoms with Gasteiger partial charge in [-0.15, -0.1) is 11.6 Å². The smallest absolute Gasteiger partial charge is 0.250 e. The van der Waals surface area contributed by atoms with Gasteiger partial charge in [0.05, 0.1) is 18.2 Å². The quantitative estimate of drug-likeness (QED) is 0.729. The predicted molar refractivity (Wildman–Crippen MR) is 48.1 cm³/mol. The number of alkyl halides is 3. The van der Waals surface area contributed by atoms with Crippen molar-refractivity contribution in [2.45, 2.75) is 18.7 Å². The molecule has 1 aromatic rings. The van der Waals surface area contributed by atoms with E-state index >= 15 is 0 Å². The maximum atomic E-state index is 12.4. The van der Waals surface area contributed by atoms with Gasteiger partial charge in [-0.3, -0.25) is 4.98 Å². The van der Waals surface area contributed by atoms with Crippen LogP contribution in [0.1, 0.15) is 23.4 Å². The lowest BCUT2D eigenvalue weighted by atomic mass is 10.2. The van der Waals surface area contributed by atoms with Gasteiger partial charge in [-0.2, -0.15) is 5.26 Å². The highest BCUT2D eigenvalue weighted by Gasteiger charge is 2.14. The van der Waals surface area contributed by atoms with Crippen LogP contribution in [-0.2, 0) is 12.3 Å². The number of halogens is 3. The molecule has 1 heterocycles. The fourth-order valence-corrected chi connectivity index (χ4v) is 1.25. The Morgan fingerprint density at radius 1 is 1.50 bits per heavy atom. The summed E-state index contributed by atoms with van der Waals surface area (Å²) in [6.07, 6.45) is -2.62. The Hall–Kier alpha value is -1.21. The molecule has 0 aliphatic rings. The van der Waals surface area contributed by atoms with Gasteiger partial charge in [0.1, 0.15) is 5.69 Å². The van der Waals surface area contributed by atoms with Crippen molar-refractivity contribution in [2.24, 2.45) is 0 Å². The lowest BCUT2D eigenvalue weighted by molar-refractivity contribution is 0.145. The van der Waals surface area contributed by atoms with Gasteiger partial charge in [0.25, 0.3) is 6.43 Å². The average Bonchev–Trinajstić information content (AvgIpc) is 2.18. The molecule has 0 atom stereocenters. The van der Waals surface area contributed by atoms with E-state index in [0.717, 1.165) is 0 Å². The van der Waals surface area contributed by atoms with E-state index in [0.29, 0.717) is 11.3 Å². The molecule has 0 fully saturated rings.